The van der Waals surface area contributed by atoms with Crippen molar-refractivity contribution in [3.63, 3.8) is 0 Å². The van der Waals surface area contributed by atoms with Crippen molar-refractivity contribution in [1.29, 1.82) is 0 Å². The number of ether oxygens (including phenoxy) is 1. The SMILES string of the molecule is CN(CCC(=O)O)C(=O)CCCOc1ccc(C=O)cc1. The van der Waals surface area contributed by atoms with Gasteiger partial charge in [-0.05, 0) is 30.7 Å². The third kappa shape index (κ3) is 6.56. The highest BCUT2D eigenvalue weighted by Gasteiger charge is 2.09. The molecule has 0 atom stereocenters. The summed E-state index contributed by atoms with van der Waals surface area (Å²) in [5.41, 5.74) is 0.581. The van der Waals surface area contributed by atoms with E-state index in [1.807, 2.05) is 0 Å². The summed E-state index contributed by atoms with van der Waals surface area (Å²) in [7, 11) is 1.59. The van der Waals surface area contributed by atoms with Crippen LogP contribution in [0.4, 0.5) is 0 Å². The first kappa shape index (κ1) is 16.7. The highest BCUT2D eigenvalue weighted by Crippen LogP contribution is 2.11. The summed E-state index contributed by atoms with van der Waals surface area (Å²) in [6.45, 7) is 0.598. The number of aldehydes is 1. The van der Waals surface area contributed by atoms with Gasteiger partial charge in [-0.15, -0.1) is 0 Å². The maximum absolute atomic E-state index is 11.7. The average molecular weight is 293 g/mol. The molecule has 0 aliphatic heterocycles. The molecule has 1 aromatic rings. The van der Waals surface area contributed by atoms with Crippen LogP contribution in [0.25, 0.3) is 0 Å². The van der Waals surface area contributed by atoms with Gasteiger partial charge < -0.3 is 14.7 Å². The largest absolute Gasteiger partial charge is 0.494 e. The minimum Gasteiger partial charge on any atom is -0.494 e. The molecule has 0 spiro atoms. The number of aliphatic carboxylic acids is 1. The Morgan fingerprint density at radius 2 is 1.90 bits per heavy atom. The standard InChI is InChI=1S/C15H19NO5/c1-16(9-8-15(19)20)14(18)3-2-10-21-13-6-4-12(11-17)5-7-13/h4-7,11H,2-3,8-10H2,1H3,(H,19,20). The van der Waals surface area contributed by atoms with Crippen LogP contribution in [-0.4, -0.2) is 48.4 Å². The van der Waals surface area contributed by atoms with Crippen LogP contribution in [0.2, 0.25) is 0 Å². The van der Waals surface area contributed by atoms with Crippen LogP contribution in [-0.2, 0) is 9.59 Å². The van der Waals surface area contributed by atoms with Gasteiger partial charge in [0.25, 0.3) is 0 Å². The zero-order valence-electron chi connectivity index (χ0n) is 11.9. The summed E-state index contributed by atoms with van der Waals surface area (Å²) >= 11 is 0. The van der Waals surface area contributed by atoms with Crippen molar-refractivity contribution in [3.8, 4) is 5.75 Å². The van der Waals surface area contributed by atoms with Crippen molar-refractivity contribution in [3.05, 3.63) is 29.8 Å². The normalized spacial score (nSPS) is 9.95. The lowest BCUT2D eigenvalue weighted by Crippen LogP contribution is -2.29. The van der Waals surface area contributed by atoms with Crippen molar-refractivity contribution in [2.75, 3.05) is 20.2 Å². The fourth-order valence-corrected chi connectivity index (χ4v) is 1.63. The molecule has 0 bridgehead atoms. The predicted octanol–water partition coefficient (Wildman–Crippen LogP) is 1.59. The van der Waals surface area contributed by atoms with Crippen LogP contribution < -0.4 is 4.74 Å². The molecule has 0 aliphatic carbocycles. The third-order valence-corrected chi connectivity index (χ3v) is 2.91. The van der Waals surface area contributed by atoms with Crippen LogP contribution in [0.1, 0.15) is 29.6 Å². The summed E-state index contributed by atoms with van der Waals surface area (Å²) in [5.74, 6) is -0.375. The molecule has 114 valence electrons. The molecule has 0 heterocycles. The minimum atomic E-state index is -0.920. The highest BCUT2D eigenvalue weighted by atomic mass is 16.5. The first-order valence-corrected chi connectivity index (χ1v) is 6.66. The second kappa shape index (κ2) is 8.73. The minimum absolute atomic E-state index is 0.0537. The molecule has 1 rings (SSSR count). The number of carboxylic acid groups (broad SMARTS) is 1. The van der Waals surface area contributed by atoms with Gasteiger partial charge in [0.2, 0.25) is 5.91 Å². The van der Waals surface area contributed by atoms with E-state index < -0.39 is 5.97 Å². The van der Waals surface area contributed by atoms with E-state index in [-0.39, 0.29) is 18.9 Å². The van der Waals surface area contributed by atoms with Gasteiger partial charge in [-0.1, -0.05) is 0 Å². The van der Waals surface area contributed by atoms with Gasteiger partial charge in [-0.2, -0.15) is 0 Å². The molecule has 21 heavy (non-hydrogen) atoms. The maximum atomic E-state index is 11.7. The van der Waals surface area contributed by atoms with Gasteiger partial charge >= 0.3 is 5.97 Å². The molecule has 0 aromatic heterocycles. The molecule has 6 heteroatoms. The molecule has 0 fully saturated rings. The number of hydrogen-bond donors (Lipinski definition) is 1. The number of carbonyl (C=O) groups excluding carboxylic acids is 2. The molecule has 0 saturated heterocycles. The zero-order chi connectivity index (χ0) is 15.7. The molecule has 0 unspecified atom stereocenters. The predicted molar refractivity (Wildman–Crippen MR) is 76.4 cm³/mol. The van der Waals surface area contributed by atoms with Crippen molar-refractivity contribution >= 4 is 18.2 Å². The number of benzene rings is 1. The van der Waals surface area contributed by atoms with Crippen LogP contribution >= 0.6 is 0 Å². The molecule has 1 aromatic carbocycles. The zero-order valence-corrected chi connectivity index (χ0v) is 11.9. The van der Waals surface area contributed by atoms with Gasteiger partial charge in [-0.25, -0.2) is 0 Å². The summed E-state index contributed by atoms with van der Waals surface area (Å²) in [5, 5.41) is 8.54. The fourth-order valence-electron chi connectivity index (χ4n) is 1.63. The van der Waals surface area contributed by atoms with E-state index in [4.69, 9.17) is 9.84 Å². The van der Waals surface area contributed by atoms with E-state index in [2.05, 4.69) is 0 Å². The molecule has 1 amide bonds. The Balaban J connectivity index is 2.21. The van der Waals surface area contributed by atoms with Crippen molar-refractivity contribution < 1.29 is 24.2 Å². The lowest BCUT2D eigenvalue weighted by Gasteiger charge is -2.15. The Labute approximate surface area is 123 Å². The van der Waals surface area contributed by atoms with Crippen LogP contribution in [0, 0.1) is 0 Å². The van der Waals surface area contributed by atoms with Crippen molar-refractivity contribution in [2.24, 2.45) is 0 Å². The van der Waals surface area contributed by atoms with Gasteiger partial charge in [-0.3, -0.25) is 14.4 Å². The highest BCUT2D eigenvalue weighted by molar-refractivity contribution is 5.76. The number of carboxylic acids is 1. The van der Waals surface area contributed by atoms with E-state index in [0.29, 0.717) is 30.8 Å². The Hall–Kier alpha value is -2.37. The van der Waals surface area contributed by atoms with Crippen LogP contribution in [0.3, 0.4) is 0 Å². The molecule has 6 nitrogen and oxygen atoms in total. The van der Waals surface area contributed by atoms with E-state index in [1.165, 1.54) is 4.90 Å². The molecule has 0 aliphatic rings. The summed E-state index contributed by atoms with van der Waals surface area (Å²) in [4.78, 5) is 34.0. The van der Waals surface area contributed by atoms with Gasteiger partial charge in [0, 0.05) is 25.6 Å². The lowest BCUT2D eigenvalue weighted by atomic mass is 10.2. The third-order valence-electron chi connectivity index (χ3n) is 2.91. The monoisotopic (exact) mass is 293 g/mol. The Kier molecular flexibility index (Phi) is 6.94. The van der Waals surface area contributed by atoms with E-state index in [0.717, 1.165) is 6.29 Å². The molecule has 1 N–H and O–H groups in total. The molecular formula is C15H19NO5. The number of hydrogen-bond acceptors (Lipinski definition) is 4. The Morgan fingerprint density at radius 3 is 2.48 bits per heavy atom. The number of amides is 1. The summed E-state index contributed by atoms with van der Waals surface area (Å²) < 4.78 is 5.45. The van der Waals surface area contributed by atoms with Crippen molar-refractivity contribution in [1.82, 2.24) is 4.90 Å². The molecule has 0 saturated carbocycles. The first-order chi connectivity index (χ1) is 10.0. The van der Waals surface area contributed by atoms with Gasteiger partial charge in [0.1, 0.15) is 12.0 Å². The number of rotatable bonds is 9. The fraction of sp³-hybridized carbons (Fsp3) is 0.400. The lowest BCUT2D eigenvalue weighted by molar-refractivity contribution is -0.138. The van der Waals surface area contributed by atoms with Crippen LogP contribution in [0.5, 0.6) is 5.75 Å². The molecule has 0 radical (unpaired) electrons. The quantitative estimate of drug-likeness (QED) is 0.552. The Morgan fingerprint density at radius 1 is 1.24 bits per heavy atom. The van der Waals surface area contributed by atoms with Crippen molar-refractivity contribution in [2.45, 2.75) is 19.3 Å². The summed E-state index contributed by atoms with van der Waals surface area (Å²) in [6, 6.07) is 6.72. The Bertz CT molecular complexity index is 483. The van der Waals surface area contributed by atoms with Gasteiger partial charge in [0.05, 0.1) is 13.0 Å². The maximum Gasteiger partial charge on any atom is 0.305 e. The number of carbonyl (C=O) groups is 3. The molecular weight excluding hydrogens is 274 g/mol. The van der Waals surface area contributed by atoms with E-state index >= 15 is 0 Å². The smallest absolute Gasteiger partial charge is 0.305 e. The van der Waals surface area contributed by atoms with Gasteiger partial charge in [0.15, 0.2) is 0 Å². The van der Waals surface area contributed by atoms with E-state index in [9.17, 15) is 14.4 Å². The first-order valence-electron chi connectivity index (χ1n) is 6.66. The van der Waals surface area contributed by atoms with E-state index in [1.54, 1.807) is 31.3 Å². The second-order valence-corrected chi connectivity index (χ2v) is 4.60. The second-order valence-electron chi connectivity index (χ2n) is 4.60. The average Bonchev–Trinajstić information content (AvgIpc) is 2.49. The topological polar surface area (TPSA) is 83.9 Å². The summed E-state index contributed by atoms with van der Waals surface area (Å²) in [6.07, 6.45) is 1.56. The van der Waals surface area contributed by atoms with Crippen LogP contribution in [0.15, 0.2) is 24.3 Å². The number of nitrogens with zero attached hydrogens (tertiary/aromatic N) is 1.